The summed E-state index contributed by atoms with van der Waals surface area (Å²) in [5.41, 5.74) is 0. The molecule has 0 aromatic carbocycles. The quantitative estimate of drug-likeness (QED) is 0.321. The van der Waals surface area contributed by atoms with Crippen LogP contribution in [0, 0.1) is 5.92 Å². The number of carbonyl (C=O) groups excluding carboxylic acids is 3. The Kier molecular flexibility index (Phi) is 4.17. The van der Waals surface area contributed by atoms with Crippen molar-refractivity contribution in [1.29, 1.82) is 0 Å². The van der Waals surface area contributed by atoms with Crippen LogP contribution in [0.25, 0.3) is 0 Å². The van der Waals surface area contributed by atoms with Crippen LogP contribution in [0.4, 0.5) is 0 Å². The Bertz CT molecular complexity index is 467. The Morgan fingerprint density at radius 2 is 1.86 bits per heavy atom. The summed E-state index contributed by atoms with van der Waals surface area (Å²) in [6.07, 6.45) is -5.77. The molecule has 5 atom stereocenters. The number of piperidine rings is 1. The van der Waals surface area contributed by atoms with Crippen LogP contribution in [0.3, 0.4) is 0 Å². The second-order valence-electron chi connectivity index (χ2n) is 5.45. The summed E-state index contributed by atoms with van der Waals surface area (Å²) in [5, 5.41) is 31.8. The lowest BCUT2D eigenvalue weighted by molar-refractivity contribution is -0.182. The van der Waals surface area contributed by atoms with Crippen LogP contribution in [0.15, 0.2) is 0 Å². The molecule has 2 heterocycles. The molecule has 9 nitrogen and oxygen atoms in total. The van der Waals surface area contributed by atoms with E-state index in [9.17, 15) is 29.7 Å². The molecule has 118 valence electrons. The minimum absolute atomic E-state index is 0.376. The molecule has 2 fully saturated rings. The van der Waals surface area contributed by atoms with Crippen LogP contribution in [0.5, 0.6) is 0 Å². The highest BCUT2D eigenvalue weighted by Gasteiger charge is 2.55. The van der Waals surface area contributed by atoms with E-state index in [0.717, 1.165) is 4.90 Å². The topological polar surface area (TPSA) is 136 Å². The van der Waals surface area contributed by atoms with Crippen molar-refractivity contribution in [3.8, 4) is 0 Å². The predicted molar refractivity (Wildman–Crippen MR) is 66.4 cm³/mol. The molecule has 4 N–H and O–H groups in total. The van der Waals surface area contributed by atoms with Gasteiger partial charge in [-0.25, -0.2) is 0 Å². The SMILES string of the molecule is CC(C)C(=O)OC[C@@H]1[C@@H](O)[C@H](O)[C@H](O)[C@H]2NC(=O)C(=O)N12. The van der Waals surface area contributed by atoms with Crippen molar-refractivity contribution in [2.24, 2.45) is 5.92 Å². The normalized spacial score (nSPS) is 35.7. The summed E-state index contributed by atoms with van der Waals surface area (Å²) >= 11 is 0. The fourth-order valence-electron chi connectivity index (χ4n) is 2.41. The van der Waals surface area contributed by atoms with E-state index in [1.807, 2.05) is 0 Å². The van der Waals surface area contributed by atoms with E-state index in [4.69, 9.17) is 4.74 Å². The largest absolute Gasteiger partial charge is 0.463 e. The number of hydrogen-bond donors (Lipinski definition) is 4. The van der Waals surface area contributed by atoms with E-state index >= 15 is 0 Å². The van der Waals surface area contributed by atoms with E-state index in [2.05, 4.69) is 5.32 Å². The highest BCUT2D eigenvalue weighted by atomic mass is 16.5. The minimum Gasteiger partial charge on any atom is -0.463 e. The summed E-state index contributed by atoms with van der Waals surface area (Å²) in [6, 6.07) is -1.11. The predicted octanol–water partition coefficient (Wildman–Crippen LogP) is -3.06. The van der Waals surface area contributed by atoms with Crippen molar-refractivity contribution in [3.05, 3.63) is 0 Å². The van der Waals surface area contributed by atoms with E-state index in [-0.39, 0.29) is 6.61 Å². The molecule has 0 aromatic rings. The van der Waals surface area contributed by atoms with Crippen molar-refractivity contribution in [2.75, 3.05) is 6.61 Å². The molecular formula is C12H18N2O7. The lowest BCUT2D eigenvalue weighted by Gasteiger charge is -2.44. The van der Waals surface area contributed by atoms with Crippen LogP contribution in [0.1, 0.15) is 13.8 Å². The first-order valence-corrected chi connectivity index (χ1v) is 6.59. The Morgan fingerprint density at radius 1 is 1.24 bits per heavy atom. The van der Waals surface area contributed by atoms with Gasteiger partial charge in [-0.2, -0.15) is 0 Å². The van der Waals surface area contributed by atoms with Crippen LogP contribution in [-0.4, -0.2) is 75.1 Å². The van der Waals surface area contributed by atoms with Gasteiger partial charge in [0.05, 0.1) is 12.0 Å². The molecule has 2 saturated heterocycles. The van der Waals surface area contributed by atoms with Crippen LogP contribution in [-0.2, 0) is 19.1 Å². The van der Waals surface area contributed by atoms with E-state index < -0.39 is 54.2 Å². The highest BCUT2D eigenvalue weighted by molar-refractivity contribution is 6.37. The van der Waals surface area contributed by atoms with E-state index in [1.54, 1.807) is 13.8 Å². The summed E-state index contributed by atoms with van der Waals surface area (Å²) < 4.78 is 4.96. The zero-order valence-corrected chi connectivity index (χ0v) is 11.6. The number of carbonyl (C=O) groups is 3. The zero-order valence-electron chi connectivity index (χ0n) is 11.6. The number of nitrogens with one attached hydrogen (secondary N) is 1. The third-order valence-electron chi connectivity index (χ3n) is 3.65. The van der Waals surface area contributed by atoms with Crippen molar-refractivity contribution in [3.63, 3.8) is 0 Å². The first kappa shape index (κ1) is 15.7. The summed E-state index contributed by atoms with van der Waals surface area (Å²) in [5.74, 6) is -2.83. The first-order valence-electron chi connectivity index (χ1n) is 6.59. The van der Waals surface area contributed by atoms with E-state index in [1.165, 1.54) is 0 Å². The van der Waals surface area contributed by atoms with Crippen LogP contribution in [0.2, 0.25) is 0 Å². The number of aliphatic hydroxyl groups excluding tert-OH is 3. The van der Waals surface area contributed by atoms with Gasteiger partial charge >= 0.3 is 17.8 Å². The molecule has 9 heteroatoms. The monoisotopic (exact) mass is 302 g/mol. The molecule has 2 amide bonds. The Labute approximate surface area is 120 Å². The molecule has 0 aliphatic carbocycles. The van der Waals surface area contributed by atoms with Crippen LogP contribution >= 0.6 is 0 Å². The highest BCUT2D eigenvalue weighted by Crippen LogP contribution is 2.27. The molecule has 0 unspecified atom stereocenters. The van der Waals surface area contributed by atoms with Crippen molar-refractivity contribution < 1.29 is 34.4 Å². The molecule has 2 rings (SSSR count). The third-order valence-corrected chi connectivity index (χ3v) is 3.65. The maximum atomic E-state index is 11.8. The second-order valence-corrected chi connectivity index (χ2v) is 5.45. The summed E-state index contributed by atoms with van der Waals surface area (Å²) in [6.45, 7) is 2.86. The van der Waals surface area contributed by atoms with Crippen molar-refractivity contribution >= 4 is 17.8 Å². The number of hydrogen-bond acceptors (Lipinski definition) is 7. The van der Waals surface area contributed by atoms with Gasteiger partial charge in [0, 0.05) is 0 Å². The molecular weight excluding hydrogens is 284 g/mol. The van der Waals surface area contributed by atoms with Crippen molar-refractivity contribution in [1.82, 2.24) is 10.2 Å². The van der Waals surface area contributed by atoms with Gasteiger partial charge in [-0.3, -0.25) is 14.4 Å². The molecule has 21 heavy (non-hydrogen) atoms. The number of rotatable bonds is 3. The number of ether oxygens (including phenoxy) is 1. The maximum absolute atomic E-state index is 11.8. The summed E-state index contributed by atoms with van der Waals surface area (Å²) in [4.78, 5) is 35.6. The molecule has 0 spiro atoms. The van der Waals surface area contributed by atoms with Crippen LogP contribution < -0.4 is 5.32 Å². The molecule has 0 bridgehead atoms. The average molecular weight is 302 g/mol. The molecule has 0 saturated carbocycles. The molecule has 2 aliphatic heterocycles. The average Bonchev–Trinajstić information content (AvgIpc) is 2.72. The fourth-order valence-corrected chi connectivity index (χ4v) is 2.41. The molecule has 0 aromatic heterocycles. The van der Waals surface area contributed by atoms with Gasteiger partial charge in [0.2, 0.25) is 0 Å². The number of amides is 2. The van der Waals surface area contributed by atoms with Gasteiger partial charge in [-0.1, -0.05) is 13.8 Å². The zero-order chi connectivity index (χ0) is 15.9. The Morgan fingerprint density at radius 3 is 2.43 bits per heavy atom. The van der Waals surface area contributed by atoms with E-state index in [0.29, 0.717) is 0 Å². The number of aliphatic hydroxyl groups is 3. The molecule has 2 aliphatic rings. The third kappa shape index (κ3) is 2.59. The fraction of sp³-hybridized carbons (Fsp3) is 0.750. The lowest BCUT2D eigenvalue weighted by Crippen LogP contribution is -2.68. The van der Waals surface area contributed by atoms with Crippen molar-refractivity contribution in [2.45, 2.75) is 44.4 Å². The Hall–Kier alpha value is -1.71. The summed E-state index contributed by atoms with van der Waals surface area (Å²) in [7, 11) is 0. The Balaban J connectivity index is 2.19. The molecule has 0 radical (unpaired) electrons. The van der Waals surface area contributed by atoms with Gasteiger partial charge in [0.1, 0.15) is 31.1 Å². The minimum atomic E-state index is -1.57. The van der Waals surface area contributed by atoms with Gasteiger partial charge < -0.3 is 30.3 Å². The number of nitrogens with zero attached hydrogens (tertiary/aromatic N) is 1. The van der Waals surface area contributed by atoms with Gasteiger partial charge in [0.15, 0.2) is 0 Å². The van der Waals surface area contributed by atoms with Gasteiger partial charge in [0.25, 0.3) is 0 Å². The van der Waals surface area contributed by atoms with Gasteiger partial charge in [-0.05, 0) is 0 Å². The van der Waals surface area contributed by atoms with Gasteiger partial charge in [-0.15, -0.1) is 0 Å². The standard InChI is InChI=1S/C12H18N2O7/c1-4(2)12(20)21-3-5-6(15)7(16)8(17)9-13-10(18)11(19)14(5)9/h4-9,15-17H,3H2,1-2H3,(H,13,18)/t5-,6-,7+,8+,9+/m1/s1. The first-order chi connectivity index (χ1) is 9.75. The smallest absolute Gasteiger partial charge is 0.314 e. The second kappa shape index (κ2) is 5.58. The number of fused-ring (bicyclic) bond motifs is 1. The number of esters is 1. The lowest BCUT2D eigenvalue weighted by atomic mass is 9.92. The maximum Gasteiger partial charge on any atom is 0.314 e.